The SMILES string of the molecule is Cc1ccc(NC(=O)Cn2ncc(Cl)cc2=O)cc1S(=O)(=O)N1CCCN(C)CC1. The van der Waals surface area contributed by atoms with Crippen molar-refractivity contribution in [1.82, 2.24) is 19.0 Å². The third-order valence-corrected chi connectivity index (χ3v) is 7.15. The van der Waals surface area contributed by atoms with Gasteiger partial charge in [-0.2, -0.15) is 9.40 Å². The third-order valence-electron chi connectivity index (χ3n) is 4.90. The van der Waals surface area contributed by atoms with Crippen molar-refractivity contribution in [3.05, 3.63) is 51.4 Å². The van der Waals surface area contributed by atoms with Gasteiger partial charge in [0.05, 0.1) is 16.1 Å². The minimum Gasteiger partial charge on any atom is -0.324 e. The topological polar surface area (TPSA) is 105 Å². The fourth-order valence-electron chi connectivity index (χ4n) is 3.22. The molecular formula is C19H24ClN5O4S. The molecule has 0 aliphatic carbocycles. The van der Waals surface area contributed by atoms with Crippen molar-refractivity contribution < 1.29 is 13.2 Å². The lowest BCUT2D eigenvalue weighted by Gasteiger charge is -2.22. The molecule has 0 unspecified atom stereocenters. The highest BCUT2D eigenvalue weighted by Crippen LogP contribution is 2.24. The Kier molecular flexibility index (Phi) is 6.91. The molecule has 2 heterocycles. The van der Waals surface area contributed by atoms with Gasteiger partial charge in [-0.15, -0.1) is 0 Å². The van der Waals surface area contributed by atoms with Crippen molar-refractivity contribution in [3.63, 3.8) is 0 Å². The van der Waals surface area contributed by atoms with Gasteiger partial charge in [-0.25, -0.2) is 13.1 Å². The summed E-state index contributed by atoms with van der Waals surface area (Å²) >= 11 is 5.70. The fraction of sp³-hybridized carbons (Fsp3) is 0.421. The predicted octanol–water partition coefficient (Wildman–Crippen LogP) is 1.17. The molecule has 1 aromatic heterocycles. The molecule has 11 heteroatoms. The normalized spacial score (nSPS) is 16.2. The maximum absolute atomic E-state index is 13.2. The lowest BCUT2D eigenvalue weighted by molar-refractivity contribution is -0.117. The summed E-state index contributed by atoms with van der Waals surface area (Å²) in [5, 5.41) is 6.63. The van der Waals surface area contributed by atoms with Gasteiger partial charge in [-0.1, -0.05) is 17.7 Å². The molecule has 1 amide bonds. The molecule has 1 fully saturated rings. The first-order valence-corrected chi connectivity index (χ1v) is 11.3. The quantitative estimate of drug-likeness (QED) is 0.728. The Morgan fingerprint density at radius 2 is 1.97 bits per heavy atom. The van der Waals surface area contributed by atoms with Crippen LogP contribution >= 0.6 is 11.6 Å². The van der Waals surface area contributed by atoms with E-state index < -0.39 is 21.5 Å². The molecule has 0 bridgehead atoms. The molecule has 0 radical (unpaired) electrons. The second-order valence-electron chi connectivity index (χ2n) is 7.26. The molecule has 1 aromatic carbocycles. The lowest BCUT2D eigenvalue weighted by Crippen LogP contribution is -2.35. The van der Waals surface area contributed by atoms with Gasteiger partial charge in [-0.3, -0.25) is 9.59 Å². The van der Waals surface area contributed by atoms with Crippen molar-refractivity contribution in [3.8, 4) is 0 Å². The molecule has 1 N–H and O–H groups in total. The zero-order chi connectivity index (χ0) is 21.9. The molecule has 1 aliphatic rings. The molecule has 1 saturated heterocycles. The van der Waals surface area contributed by atoms with Gasteiger partial charge in [0.1, 0.15) is 6.54 Å². The number of carbonyl (C=O) groups excluding carboxylic acids is 1. The number of carbonyl (C=O) groups is 1. The third kappa shape index (κ3) is 5.25. The highest BCUT2D eigenvalue weighted by molar-refractivity contribution is 7.89. The Balaban J connectivity index is 1.79. The number of halogens is 1. The second kappa shape index (κ2) is 9.25. The molecule has 162 valence electrons. The van der Waals surface area contributed by atoms with Crippen LogP contribution in [0.25, 0.3) is 0 Å². The van der Waals surface area contributed by atoms with Crippen LogP contribution in [0.15, 0.2) is 40.2 Å². The first-order valence-electron chi connectivity index (χ1n) is 9.49. The van der Waals surface area contributed by atoms with Crippen LogP contribution in [0.5, 0.6) is 0 Å². The number of aromatic nitrogens is 2. The average Bonchev–Trinajstić information content (AvgIpc) is 2.90. The summed E-state index contributed by atoms with van der Waals surface area (Å²) in [6, 6.07) is 5.89. The van der Waals surface area contributed by atoms with Gasteiger partial charge in [0.25, 0.3) is 5.56 Å². The van der Waals surface area contributed by atoms with Crippen LogP contribution in [0.2, 0.25) is 5.02 Å². The summed E-state index contributed by atoms with van der Waals surface area (Å²) in [6.07, 6.45) is 2.03. The van der Waals surface area contributed by atoms with Crippen molar-refractivity contribution in [2.45, 2.75) is 24.8 Å². The summed E-state index contributed by atoms with van der Waals surface area (Å²) in [6.45, 7) is 3.79. The fourth-order valence-corrected chi connectivity index (χ4v) is 5.08. The standard InChI is InChI=1S/C19H24ClN5O4S/c1-14-4-5-16(22-18(26)13-25-19(27)10-15(20)12-21-25)11-17(14)30(28,29)24-7-3-6-23(2)8-9-24/h4-5,10-12H,3,6-9,13H2,1-2H3,(H,22,26). The maximum atomic E-state index is 13.2. The highest BCUT2D eigenvalue weighted by Gasteiger charge is 2.28. The molecule has 2 aromatic rings. The Morgan fingerprint density at radius 3 is 2.70 bits per heavy atom. The number of amides is 1. The first kappa shape index (κ1) is 22.4. The number of hydrogen-bond acceptors (Lipinski definition) is 6. The smallest absolute Gasteiger partial charge is 0.268 e. The second-order valence-corrected chi connectivity index (χ2v) is 9.60. The van der Waals surface area contributed by atoms with Gasteiger partial charge in [-0.05, 0) is 44.6 Å². The molecule has 0 spiro atoms. The molecule has 3 rings (SSSR count). The molecule has 0 atom stereocenters. The van der Waals surface area contributed by atoms with Crippen LogP contribution in [-0.4, -0.2) is 66.5 Å². The Bertz CT molecular complexity index is 1100. The maximum Gasteiger partial charge on any atom is 0.268 e. The number of aryl methyl sites for hydroxylation is 1. The largest absolute Gasteiger partial charge is 0.324 e. The van der Waals surface area contributed by atoms with Crippen LogP contribution in [0, 0.1) is 6.92 Å². The number of likely N-dealkylation sites (N-methyl/N-ethyl adjacent to an activating group) is 1. The van der Waals surface area contributed by atoms with E-state index in [0.29, 0.717) is 30.9 Å². The van der Waals surface area contributed by atoms with Gasteiger partial charge in [0.2, 0.25) is 15.9 Å². The number of hydrogen-bond donors (Lipinski definition) is 1. The average molecular weight is 454 g/mol. The number of anilines is 1. The van der Waals surface area contributed by atoms with Crippen LogP contribution in [0.1, 0.15) is 12.0 Å². The van der Waals surface area contributed by atoms with Crippen LogP contribution in [0.4, 0.5) is 5.69 Å². The molecule has 9 nitrogen and oxygen atoms in total. The summed E-state index contributed by atoms with van der Waals surface area (Å²) < 4.78 is 28.9. The monoisotopic (exact) mass is 453 g/mol. The highest BCUT2D eigenvalue weighted by atomic mass is 35.5. The number of sulfonamides is 1. The van der Waals surface area contributed by atoms with Crippen LogP contribution in [0.3, 0.4) is 0 Å². The summed E-state index contributed by atoms with van der Waals surface area (Å²) in [7, 11) is -1.72. The van der Waals surface area contributed by atoms with E-state index in [9.17, 15) is 18.0 Å². The van der Waals surface area contributed by atoms with Crippen LogP contribution < -0.4 is 10.9 Å². The zero-order valence-electron chi connectivity index (χ0n) is 16.8. The van der Waals surface area contributed by atoms with Crippen LogP contribution in [-0.2, 0) is 21.4 Å². The van der Waals surface area contributed by atoms with E-state index in [2.05, 4.69) is 15.3 Å². The molecular weight excluding hydrogens is 430 g/mol. The van der Waals surface area contributed by atoms with E-state index in [-0.39, 0.29) is 16.5 Å². The molecule has 30 heavy (non-hydrogen) atoms. The van der Waals surface area contributed by atoms with Crippen molar-refractivity contribution >= 4 is 33.2 Å². The molecule has 1 aliphatic heterocycles. The van der Waals surface area contributed by atoms with E-state index in [1.807, 2.05) is 7.05 Å². The number of nitrogens with one attached hydrogen (secondary N) is 1. The van der Waals surface area contributed by atoms with E-state index >= 15 is 0 Å². The summed E-state index contributed by atoms with van der Waals surface area (Å²) in [5.41, 5.74) is 0.426. The first-order chi connectivity index (χ1) is 14.2. The van der Waals surface area contributed by atoms with Crippen molar-refractivity contribution in [1.29, 1.82) is 0 Å². The summed E-state index contributed by atoms with van der Waals surface area (Å²) in [5.74, 6) is -0.504. The van der Waals surface area contributed by atoms with Gasteiger partial charge < -0.3 is 10.2 Å². The minimum atomic E-state index is -3.69. The lowest BCUT2D eigenvalue weighted by atomic mass is 10.2. The molecule has 0 saturated carbocycles. The van der Waals surface area contributed by atoms with Crippen molar-refractivity contribution in [2.75, 3.05) is 38.5 Å². The van der Waals surface area contributed by atoms with E-state index in [0.717, 1.165) is 23.7 Å². The minimum absolute atomic E-state index is 0.159. The van der Waals surface area contributed by atoms with E-state index in [1.165, 1.54) is 16.6 Å². The predicted molar refractivity (Wildman–Crippen MR) is 114 cm³/mol. The number of nitrogens with zero attached hydrogens (tertiary/aromatic N) is 4. The van der Waals surface area contributed by atoms with Gasteiger partial charge in [0, 0.05) is 31.4 Å². The van der Waals surface area contributed by atoms with Crippen molar-refractivity contribution in [2.24, 2.45) is 0 Å². The van der Waals surface area contributed by atoms with Gasteiger partial charge in [0.15, 0.2) is 0 Å². The zero-order valence-corrected chi connectivity index (χ0v) is 18.4. The van der Waals surface area contributed by atoms with E-state index in [4.69, 9.17) is 11.6 Å². The summed E-state index contributed by atoms with van der Waals surface area (Å²) in [4.78, 5) is 26.4. The Labute approximate surface area is 180 Å². The van der Waals surface area contributed by atoms with E-state index in [1.54, 1.807) is 19.1 Å². The Morgan fingerprint density at radius 1 is 1.20 bits per heavy atom. The Hall–Kier alpha value is -2.27. The number of rotatable bonds is 5. The van der Waals surface area contributed by atoms with Gasteiger partial charge >= 0.3 is 0 Å². The number of benzene rings is 1.